The summed E-state index contributed by atoms with van der Waals surface area (Å²) in [5, 5.41) is 12.7. The topological polar surface area (TPSA) is 32.3 Å². The number of halogens is 4. The van der Waals surface area contributed by atoms with Crippen LogP contribution in [0.1, 0.15) is 31.4 Å². The zero-order valence-electron chi connectivity index (χ0n) is 11.3. The van der Waals surface area contributed by atoms with Crippen LogP contribution in [0.2, 0.25) is 0 Å². The number of nitrogens with one attached hydrogen (secondary N) is 1. The predicted molar refractivity (Wildman–Crippen MR) is 66.4 cm³/mol. The van der Waals surface area contributed by atoms with Crippen LogP contribution in [0.5, 0.6) is 0 Å². The number of aliphatic hydroxyl groups is 1. The van der Waals surface area contributed by atoms with Gasteiger partial charge in [-0.25, -0.2) is 4.39 Å². The standard InChI is InChI=1S/C14H17F4NO/c1-13(2)11(6-12(13)20)19-7-8-3-9(14(16,17)18)5-10(15)4-8/h3-5,11-12,19-20H,6-7H2,1-2H3. The van der Waals surface area contributed by atoms with Crippen LogP contribution in [0.4, 0.5) is 17.6 Å². The summed E-state index contributed by atoms with van der Waals surface area (Å²) >= 11 is 0. The number of hydrogen-bond acceptors (Lipinski definition) is 2. The van der Waals surface area contributed by atoms with Crippen LogP contribution in [0.15, 0.2) is 18.2 Å². The molecule has 0 heterocycles. The molecule has 0 bridgehead atoms. The fourth-order valence-electron chi connectivity index (χ4n) is 2.41. The second-order valence-corrected chi connectivity index (χ2v) is 5.85. The molecule has 0 radical (unpaired) electrons. The monoisotopic (exact) mass is 291 g/mol. The molecule has 2 N–H and O–H groups in total. The minimum Gasteiger partial charge on any atom is -0.392 e. The highest BCUT2D eigenvalue weighted by Crippen LogP contribution is 2.40. The van der Waals surface area contributed by atoms with Crippen molar-refractivity contribution < 1.29 is 22.7 Å². The molecule has 112 valence electrons. The van der Waals surface area contributed by atoms with Gasteiger partial charge in [-0.2, -0.15) is 13.2 Å². The maximum atomic E-state index is 13.2. The largest absolute Gasteiger partial charge is 0.416 e. The Hall–Kier alpha value is -1.14. The van der Waals surface area contributed by atoms with Crippen LogP contribution in [-0.4, -0.2) is 17.3 Å². The first-order chi connectivity index (χ1) is 9.10. The van der Waals surface area contributed by atoms with Gasteiger partial charge in [0.05, 0.1) is 11.7 Å². The van der Waals surface area contributed by atoms with Gasteiger partial charge in [0.15, 0.2) is 0 Å². The van der Waals surface area contributed by atoms with Gasteiger partial charge in [-0.05, 0) is 30.2 Å². The summed E-state index contributed by atoms with van der Waals surface area (Å²) < 4.78 is 51.0. The molecule has 0 amide bonds. The molecule has 6 heteroatoms. The van der Waals surface area contributed by atoms with Gasteiger partial charge in [-0.1, -0.05) is 13.8 Å². The third kappa shape index (κ3) is 2.96. The fourth-order valence-corrected chi connectivity index (χ4v) is 2.41. The Kier molecular flexibility index (Phi) is 3.81. The van der Waals surface area contributed by atoms with Crippen LogP contribution >= 0.6 is 0 Å². The van der Waals surface area contributed by atoms with Crippen molar-refractivity contribution in [3.8, 4) is 0 Å². The van der Waals surface area contributed by atoms with Gasteiger partial charge in [-0.15, -0.1) is 0 Å². The Balaban J connectivity index is 2.06. The number of alkyl halides is 3. The van der Waals surface area contributed by atoms with Gasteiger partial charge in [0, 0.05) is 18.0 Å². The zero-order valence-corrected chi connectivity index (χ0v) is 11.3. The molecule has 1 aromatic rings. The molecule has 2 rings (SSSR count). The van der Waals surface area contributed by atoms with E-state index in [0.717, 1.165) is 12.1 Å². The Bertz CT molecular complexity index is 498. The summed E-state index contributed by atoms with van der Waals surface area (Å²) in [6, 6.07) is 2.53. The summed E-state index contributed by atoms with van der Waals surface area (Å²) in [6.07, 6.45) is -4.42. The predicted octanol–water partition coefficient (Wildman–Crippen LogP) is 3.09. The smallest absolute Gasteiger partial charge is 0.392 e. The fraction of sp³-hybridized carbons (Fsp3) is 0.571. The highest BCUT2D eigenvalue weighted by Gasteiger charge is 2.46. The molecule has 20 heavy (non-hydrogen) atoms. The molecule has 2 atom stereocenters. The molecule has 0 aromatic heterocycles. The third-order valence-electron chi connectivity index (χ3n) is 4.05. The molecular weight excluding hydrogens is 274 g/mol. The van der Waals surface area contributed by atoms with Crippen molar-refractivity contribution in [2.75, 3.05) is 0 Å². The maximum absolute atomic E-state index is 13.2. The second-order valence-electron chi connectivity index (χ2n) is 5.85. The van der Waals surface area contributed by atoms with Gasteiger partial charge in [0.2, 0.25) is 0 Å². The molecule has 0 aliphatic heterocycles. The van der Waals surface area contributed by atoms with E-state index in [0.29, 0.717) is 12.5 Å². The van der Waals surface area contributed by atoms with Gasteiger partial charge in [0.1, 0.15) is 5.82 Å². The lowest BCUT2D eigenvalue weighted by Crippen LogP contribution is -2.59. The number of rotatable bonds is 3. The van der Waals surface area contributed by atoms with Crippen molar-refractivity contribution in [3.63, 3.8) is 0 Å². The van der Waals surface area contributed by atoms with E-state index in [2.05, 4.69) is 5.32 Å². The van der Waals surface area contributed by atoms with Crippen LogP contribution in [0.25, 0.3) is 0 Å². The Morgan fingerprint density at radius 1 is 1.30 bits per heavy atom. The van der Waals surface area contributed by atoms with Crippen molar-refractivity contribution in [1.82, 2.24) is 5.32 Å². The number of hydrogen-bond donors (Lipinski definition) is 2. The summed E-state index contributed by atoms with van der Waals surface area (Å²) in [5.41, 5.74) is -1.06. The lowest BCUT2D eigenvalue weighted by atomic mass is 9.64. The number of benzene rings is 1. The summed E-state index contributed by atoms with van der Waals surface area (Å²) in [6.45, 7) is 3.90. The molecule has 1 saturated carbocycles. The minimum absolute atomic E-state index is 0.00936. The van der Waals surface area contributed by atoms with E-state index >= 15 is 0 Å². The minimum atomic E-state index is -4.55. The number of aliphatic hydroxyl groups excluding tert-OH is 1. The molecule has 1 aromatic carbocycles. The van der Waals surface area contributed by atoms with E-state index in [1.165, 1.54) is 0 Å². The summed E-state index contributed by atoms with van der Waals surface area (Å²) in [4.78, 5) is 0. The van der Waals surface area contributed by atoms with Gasteiger partial charge in [0.25, 0.3) is 0 Å². The SMILES string of the molecule is CC1(C)C(O)CC1NCc1cc(F)cc(C(F)(F)F)c1. The average Bonchev–Trinajstić information content (AvgIpc) is 2.32. The third-order valence-corrected chi connectivity index (χ3v) is 4.05. The van der Waals surface area contributed by atoms with E-state index in [-0.39, 0.29) is 23.6 Å². The Morgan fingerprint density at radius 3 is 2.45 bits per heavy atom. The van der Waals surface area contributed by atoms with Gasteiger partial charge in [-0.3, -0.25) is 0 Å². The maximum Gasteiger partial charge on any atom is 0.416 e. The van der Waals surface area contributed by atoms with E-state index in [9.17, 15) is 22.7 Å². The van der Waals surface area contributed by atoms with Crippen molar-refractivity contribution in [3.05, 3.63) is 35.1 Å². The highest BCUT2D eigenvalue weighted by molar-refractivity contribution is 5.27. The van der Waals surface area contributed by atoms with Gasteiger partial charge < -0.3 is 10.4 Å². The first-order valence-corrected chi connectivity index (χ1v) is 6.39. The zero-order chi connectivity index (χ0) is 15.1. The van der Waals surface area contributed by atoms with Crippen molar-refractivity contribution in [2.45, 2.75) is 45.1 Å². The second kappa shape index (κ2) is 5.00. The lowest BCUT2D eigenvalue weighted by Gasteiger charge is -2.49. The molecule has 1 aliphatic carbocycles. The molecule has 1 fully saturated rings. The first-order valence-electron chi connectivity index (χ1n) is 6.39. The van der Waals surface area contributed by atoms with Crippen molar-refractivity contribution in [2.24, 2.45) is 5.41 Å². The van der Waals surface area contributed by atoms with E-state index in [1.54, 1.807) is 0 Å². The Labute approximate surface area is 114 Å². The molecule has 2 unspecified atom stereocenters. The normalized spacial score (nSPS) is 25.4. The van der Waals surface area contributed by atoms with Crippen LogP contribution in [-0.2, 0) is 12.7 Å². The van der Waals surface area contributed by atoms with E-state index < -0.39 is 23.7 Å². The summed E-state index contributed by atoms with van der Waals surface area (Å²) in [5.74, 6) is -0.899. The molecule has 0 spiro atoms. The van der Waals surface area contributed by atoms with Crippen molar-refractivity contribution in [1.29, 1.82) is 0 Å². The molecule has 0 saturated heterocycles. The Morgan fingerprint density at radius 2 is 1.95 bits per heavy atom. The lowest BCUT2D eigenvalue weighted by molar-refractivity contribution is -0.137. The average molecular weight is 291 g/mol. The quantitative estimate of drug-likeness (QED) is 0.839. The first kappa shape index (κ1) is 15.3. The van der Waals surface area contributed by atoms with E-state index in [4.69, 9.17) is 0 Å². The van der Waals surface area contributed by atoms with E-state index in [1.807, 2.05) is 13.8 Å². The molecule has 2 nitrogen and oxygen atoms in total. The van der Waals surface area contributed by atoms with Crippen LogP contribution in [0, 0.1) is 11.2 Å². The van der Waals surface area contributed by atoms with Crippen molar-refractivity contribution >= 4 is 0 Å². The van der Waals surface area contributed by atoms with Crippen LogP contribution in [0.3, 0.4) is 0 Å². The van der Waals surface area contributed by atoms with Crippen LogP contribution < -0.4 is 5.32 Å². The molecular formula is C14H17F4NO. The summed E-state index contributed by atoms with van der Waals surface area (Å²) in [7, 11) is 0. The van der Waals surface area contributed by atoms with Gasteiger partial charge >= 0.3 is 6.18 Å². The molecule has 1 aliphatic rings. The highest BCUT2D eigenvalue weighted by atomic mass is 19.4.